The van der Waals surface area contributed by atoms with Gasteiger partial charge in [0.05, 0.1) is 11.8 Å². The van der Waals surface area contributed by atoms with Gasteiger partial charge in [-0.3, -0.25) is 19.2 Å². The van der Waals surface area contributed by atoms with Crippen molar-refractivity contribution < 1.29 is 34.1 Å². The lowest BCUT2D eigenvalue weighted by Crippen LogP contribution is -2.27. The molecule has 0 bridgehead atoms. The van der Waals surface area contributed by atoms with E-state index in [9.17, 15) is 29.4 Å². The number of carbonyl (C=O) groups excluding carboxylic acids is 2. The third-order valence-corrected chi connectivity index (χ3v) is 11.1. The summed E-state index contributed by atoms with van der Waals surface area (Å²) < 4.78 is 5.33. The number of aliphatic carboxylic acids is 2. The molecule has 0 rings (SSSR count). The molecule has 7 nitrogen and oxygen atoms in total. The van der Waals surface area contributed by atoms with Crippen molar-refractivity contribution in [3.05, 3.63) is 0 Å². The van der Waals surface area contributed by atoms with Crippen LogP contribution in [0.25, 0.3) is 0 Å². The molecule has 53 heavy (non-hydrogen) atoms. The van der Waals surface area contributed by atoms with Gasteiger partial charge in [0.15, 0.2) is 0 Å². The minimum Gasteiger partial charge on any atom is -0.481 e. The van der Waals surface area contributed by atoms with Gasteiger partial charge in [0, 0.05) is 12.8 Å². The van der Waals surface area contributed by atoms with Gasteiger partial charge in [0.1, 0.15) is 0 Å². The van der Waals surface area contributed by atoms with E-state index in [1.54, 1.807) is 0 Å². The summed E-state index contributed by atoms with van der Waals surface area (Å²) in [7, 11) is 0. The second kappa shape index (κ2) is 39.8. The minimum atomic E-state index is -0.969. The van der Waals surface area contributed by atoms with Crippen molar-refractivity contribution in [1.82, 2.24) is 0 Å². The van der Waals surface area contributed by atoms with Crippen molar-refractivity contribution in [3.8, 4) is 0 Å². The fourth-order valence-corrected chi connectivity index (χ4v) is 7.50. The predicted molar refractivity (Wildman–Crippen MR) is 220 cm³/mol. The first-order chi connectivity index (χ1) is 25.8. The maximum atomic E-state index is 13.1. The number of carbonyl (C=O) groups is 4. The van der Waals surface area contributed by atoms with E-state index in [0.717, 1.165) is 38.5 Å². The summed E-state index contributed by atoms with van der Waals surface area (Å²) >= 11 is 0. The summed E-state index contributed by atoms with van der Waals surface area (Å²) in [5.41, 5.74) is 0. The van der Waals surface area contributed by atoms with Crippen LogP contribution in [0.5, 0.6) is 0 Å². The SMILES string of the molecule is CCCCCCCCCCCCCCCCCCC(CCC(=O)O)C(=O)OC(=O)C(CCCCCCCCCCCCCCCCCC)CCC(=O)O. The van der Waals surface area contributed by atoms with Crippen LogP contribution in [0.15, 0.2) is 0 Å². The molecule has 0 heterocycles. The molecule has 0 aliphatic carbocycles. The fraction of sp³-hybridized carbons (Fsp3) is 0.913. The molecule has 0 aromatic rings. The number of carboxylic acid groups (broad SMARTS) is 2. The Morgan fingerprint density at radius 2 is 0.547 bits per heavy atom. The topological polar surface area (TPSA) is 118 Å². The monoisotopic (exact) mass is 751 g/mol. The molecule has 2 unspecified atom stereocenters. The summed E-state index contributed by atoms with van der Waals surface area (Å²) in [4.78, 5) is 48.7. The lowest BCUT2D eigenvalue weighted by molar-refractivity contribution is -0.166. The van der Waals surface area contributed by atoms with Crippen LogP contribution in [0.3, 0.4) is 0 Å². The zero-order chi connectivity index (χ0) is 39.0. The maximum Gasteiger partial charge on any atom is 0.316 e. The van der Waals surface area contributed by atoms with Crippen molar-refractivity contribution in [2.24, 2.45) is 11.8 Å². The Morgan fingerprint density at radius 3 is 0.755 bits per heavy atom. The van der Waals surface area contributed by atoms with Crippen LogP contribution in [-0.4, -0.2) is 34.1 Å². The van der Waals surface area contributed by atoms with Crippen LogP contribution < -0.4 is 0 Å². The van der Waals surface area contributed by atoms with Gasteiger partial charge in [-0.1, -0.05) is 219 Å². The minimum absolute atomic E-state index is 0.144. The number of hydrogen-bond donors (Lipinski definition) is 2. The highest BCUT2D eigenvalue weighted by Crippen LogP contribution is 2.23. The average molecular weight is 751 g/mol. The van der Waals surface area contributed by atoms with Gasteiger partial charge in [0.25, 0.3) is 0 Å². The largest absolute Gasteiger partial charge is 0.481 e. The van der Waals surface area contributed by atoms with Gasteiger partial charge in [-0.15, -0.1) is 0 Å². The molecule has 0 aromatic heterocycles. The highest BCUT2D eigenvalue weighted by Gasteiger charge is 2.28. The normalized spacial score (nSPS) is 12.5. The number of carboxylic acids is 2. The van der Waals surface area contributed by atoms with Crippen LogP contribution in [0.1, 0.15) is 258 Å². The lowest BCUT2D eigenvalue weighted by atomic mass is 9.94. The first-order valence-electron chi connectivity index (χ1n) is 23.0. The van der Waals surface area contributed by atoms with Crippen LogP contribution in [0.2, 0.25) is 0 Å². The Morgan fingerprint density at radius 1 is 0.340 bits per heavy atom. The van der Waals surface area contributed by atoms with E-state index in [-0.39, 0.29) is 25.7 Å². The van der Waals surface area contributed by atoms with Crippen molar-refractivity contribution in [1.29, 1.82) is 0 Å². The lowest BCUT2D eigenvalue weighted by Gasteiger charge is -2.18. The van der Waals surface area contributed by atoms with E-state index < -0.39 is 35.7 Å². The second-order valence-corrected chi connectivity index (χ2v) is 16.2. The molecule has 0 amide bonds. The highest BCUT2D eigenvalue weighted by atomic mass is 16.6. The second-order valence-electron chi connectivity index (χ2n) is 16.2. The van der Waals surface area contributed by atoms with Crippen LogP contribution in [0, 0.1) is 11.8 Å². The third kappa shape index (κ3) is 36.8. The quantitative estimate of drug-likeness (QED) is 0.0362. The Labute approximate surface area is 327 Å². The Kier molecular flexibility index (Phi) is 38.3. The van der Waals surface area contributed by atoms with Gasteiger partial charge in [-0.2, -0.15) is 0 Å². The van der Waals surface area contributed by atoms with E-state index in [0.29, 0.717) is 12.8 Å². The van der Waals surface area contributed by atoms with Crippen molar-refractivity contribution >= 4 is 23.9 Å². The van der Waals surface area contributed by atoms with Crippen molar-refractivity contribution in [3.63, 3.8) is 0 Å². The molecule has 0 saturated heterocycles. The number of esters is 2. The van der Waals surface area contributed by atoms with Gasteiger partial charge in [-0.05, 0) is 25.7 Å². The van der Waals surface area contributed by atoms with Crippen molar-refractivity contribution in [2.45, 2.75) is 258 Å². The Hall–Kier alpha value is -1.92. The standard InChI is InChI=1S/C46H86O7/c1-3-5-7-9-11-13-15-17-19-21-23-25-27-29-31-33-35-41(37-39-43(47)48)45(51)53-46(52)42(38-40-44(49)50)36-34-32-30-28-26-24-22-20-18-16-14-12-10-8-6-4-2/h41-42H,3-40H2,1-2H3,(H,47,48)(H,49,50). The van der Waals surface area contributed by atoms with E-state index >= 15 is 0 Å². The number of unbranched alkanes of at least 4 members (excludes halogenated alkanes) is 30. The number of hydrogen-bond acceptors (Lipinski definition) is 5. The molecule has 0 aliphatic heterocycles. The molecule has 0 radical (unpaired) electrons. The zero-order valence-corrected chi connectivity index (χ0v) is 35.0. The molecule has 2 atom stereocenters. The molecule has 0 aliphatic rings. The fourth-order valence-electron chi connectivity index (χ4n) is 7.50. The summed E-state index contributed by atoms with van der Waals surface area (Å²) in [6, 6.07) is 0. The van der Waals surface area contributed by atoms with Crippen LogP contribution in [-0.2, 0) is 23.9 Å². The summed E-state index contributed by atoms with van der Waals surface area (Å²) in [6.07, 6.45) is 41.3. The maximum absolute atomic E-state index is 13.1. The van der Waals surface area contributed by atoms with Gasteiger partial charge in [0.2, 0.25) is 0 Å². The molecular formula is C46H86O7. The van der Waals surface area contributed by atoms with Crippen LogP contribution in [0.4, 0.5) is 0 Å². The van der Waals surface area contributed by atoms with E-state index in [4.69, 9.17) is 4.74 Å². The number of rotatable bonds is 42. The Balaban J connectivity index is 4.29. The molecule has 0 spiro atoms. The van der Waals surface area contributed by atoms with Crippen molar-refractivity contribution in [2.75, 3.05) is 0 Å². The first-order valence-corrected chi connectivity index (χ1v) is 23.0. The average Bonchev–Trinajstić information content (AvgIpc) is 3.13. The highest BCUT2D eigenvalue weighted by molar-refractivity contribution is 5.88. The molecule has 312 valence electrons. The smallest absolute Gasteiger partial charge is 0.316 e. The molecule has 0 fully saturated rings. The van der Waals surface area contributed by atoms with E-state index in [2.05, 4.69) is 13.8 Å². The third-order valence-electron chi connectivity index (χ3n) is 11.1. The van der Waals surface area contributed by atoms with E-state index in [1.165, 1.54) is 167 Å². The summed E-state index contributed by atoms with van der Waals surface area (Å²) in [5.74, 6) is -4.49. The summed E-state index contributed by atoms with van der Waals surface area (Å²) in [6.45, 7) is 4.52. The van der Waals surface area contributed by atoms with Gasteiger partial charge in [-0.25, -0.2) is 0 Å². The zero-order valence-electron chi connectivity index (χ0n) is 35.0. The molecular weight excluding hydrogens is 664 g/mol. The summed E-state index contributed by atoms with van der Waals surface area (Å²) in [5, 5.41) is 18.5. The number of ether oxygens (including phenoxy) is 1. The predicted octanol–water partition coefficient (Wildman–Crippen LogP) is 14.3. The van der Waals surface area contributed by atoms with Gasteiger partial charge < -0.3 is 14.9 Å². The van der Waals surface area contributed by atoms with Crippen LogP contribution >= 0.6 is 0 Å². The molecule has 0 saturated carbocycles. The molecule has 0 aromatic carbocycles. The molecule has 2 N–H and O–H groups in total. The van der Waals surface area contributed by atoms with Gasteiger partial charge >= 0.3 is 23.9 Å². The molecule has 7 heteroatoms. The first kappa shape index (κ1) is 51.1. The van der Waals surface area contributed by atoms with E-state index in [1.807, 2.05) is 0 Å². The Bertz CT molecular complexity index is 789.